The third-order valence-electron chi connectivity index (χ3n) is 4.28. The molecule has 0 aromatic carbocycles. The molecule has 0 bridgehead atoms. The summed E-state index contributed by atoms with van der Waals surface area (Å²) in [5, 5.41) is 8.98. The van der Waals surface area contributed by atoms with Crippen LogP contribution in [0.2, 0.25) is 0 Å². The van der Waals surface area contributed by atoms with Crippen molar-refractivity contribution in [2.45, 2.75) is 25.9 Å². The molecule has 0 radical (unpaired) electrons. The highest BCUT2D eigenvalue weighted by Gasteiger charge is 2.23. The summed E-state index contributed by atoms with van der Waals surface area (Å²) in [5.41, 5.74) is 2.93. The number of esters is 1. The Kier molecular flexibility index (Phi) is 5.93. The van der Waals surface area contributed by atoms with E-state index in [1.807, 2.05) is 23.7 Å². The van der Waals surface area contributed by atoms with Gasteiger partial charge in [0.05, 0.1) is 23.6 Å². The zero-order valence-electron chi connectivity index (χ0n) is 16.1. The van der Waals surface area contributed by atoms with Gasteiger partial charge in [-0.1, -0.05) is 11.8 Å². The smallest absolute Gasteiger partial charge is 0.340 e. The van der Waals surface area contributed by atoms with Crippen molar-refractivity contribution in [1.82, 2.24) is 24.7 Å². The highest BCUT2D eigenvalue weighted by Crippen LogP contribution is 2.25. The van der Waals surface area contributed by atoms with E-state index in [1.54, 1.807) is 33.2 Å². The fourth-order valence-corrected chi connectivity index (χ4v) is 3.71. The average Bonchev–Trinajstić information content (AvgIpc) is 3.20. The molecule has 1 N–H and O–H groups in total. The van der Waals surface area contributed by atoms with Crippen molar-refractivity contribution in [1.29, 1.82) is 0 Å². The minimum absolute atomic E-state index is 0.118. The molecule has 0 saturated heterocycles. The summed E-state index contributed by atoms with van der Waals surface area (Å²) < 4.78 is 6.90. The Balaban J connectivity index is 1.74. The third-order valence-corrected chi connectivity index (χ3v) is 5.30. The molecule has 3 rings (SSSR count). The van der Waals surface area contributed by atoms with E-state index in [-0.39, 0.29) is 18.1 Å². The second-order valence-electron chi connectivity index (χ2n) is 6.16. The Morgan fingerprint density at radius 1 is 1.29 bits per heavy atom. The molecule has 0 fully saturated rings. The third kappa shape index (κ3) is 3.84. The Morgan fingerprint density at radius 3 is 2.75 bits per heavy atom. The van der Waals surface area contributed by atoms with E-state index in [2.05, 4.69) is 20.2 Å². The number of carbonyl (C=O) groups excluding carboxylic acids is 2. The number of carbonyl (C=O) groups is 2. The van der Waals surface area contributed by atoms with Crippen molar-refractivity contribution in [3.63, 3.8) is 0 Å². The van der Waals surface area contributed by atoms with Gasteiger partial charge in [0.2, 0.25) is 0 Å². The van der Waals surface area contributed by atoms with Crippen molar-refractivity contribution < 1.29 is 14.3 Å². The lowest BCUT2D eigenvalue weighted by Crippen LogP contribution is -2.08. The summed E-state index contributed by atoms with van der Waals surface area (Å²) in [6.07, 6.45) is 3.41. The van der Waals surface area contributed by atoms with Gasteiger partial charge < -0.3 is 14.3 Å². The van der Waals surface area contributed by atoms with E-state index in [9.17, 15) is 9.59 Å². The summed E-state index contributed by atoms with van der Waals surface area (Å²) in [4.78, 5) is 31.9. The van der Waals surface area contributed by atoms with Crippen LogP contribution in [0.3, 0.4) is 0 Å². The Morgan fingerprint density at radius 2 is 2.07 bits per heavy atom. The molecule has 0 aliphatic rings. The van der Waals surface area contributed by atoms with Gasteiger partial charge in [-0.05, 0) is 38.5 Å². The molecule has 146 valence electrons. The number of hydrogen-bond acceptors (Lipinski definition) is 7. The van der Waals surface area contributed by atoms with E-state index >= 15 is 0 Å². The first-order valence-electron chi connectivity index (χ1n) is 8.76. The molecular weight excluding hydrogens is 378 g/mol. The minimum atomic E-state index is -0.421. The molecule has 28 heavy (non-hydrogen) atoms. The van der Waals surface area contributed by atoms with Crippen molar-refractivity contribution in [3.8, 4) is 11.4 Å². The largest absolute Gasteiger partial charge is 0.462 e. The number of hydrogen-bond donors (Lipinski definition) is 1. The van der Waals surface area contributed by atoms with Crippen LogP contribution in [0.1, 0.15) is 39.0 Å². The first-order valence-corrected chi connectivity index (χ1v) is 9.74. The van der Waals surface area contributed by atoms with Gasteiger partial charge in [-0.15, -0.1) is 10.2 Å². The topological polar surface area (TPSA) is 103 Å². The number of rotatable bonds is 7. The number of H-pyrrole nitrogens is 1. The van der Waals surface area contributed by atoms with Gasteiger partial charge in [0, 0.05) is 30.7 Å². The van der Waals surface area contributed by atoms with Crippen LogP contribution >= 0.6 is 11.8 Å². The van der Waals surface area contributed by atoms with Gasteiger partial charge in [-0.2, -0.15) is 0 Å². The van der Waals surface area contributed by atoms with Crippen LogP contribution in [0.5, 0.6) is 0 Å². The predicted octanol–water partition coefficient (Wildman–Crippen LogP) is 2.97. The highest BCUT2D eigenvalue weighted by atomic mass is 32.2. The van der Waals surface area contributed by atoms with E-state index in [0.29, 0.717) is 33.5 Å². The lowest BCUT2D eigenvalue weighted by atomic mass is 10.1. The van der Waals surface area contributed by atoms with Crippen LogP contribution in [0, 0.1) is 13.8 Å². The number of pyridine rings is 1. The summed E-state index contributed by atoms with van der Waals surface area (Å²) in [7, 11) is 1.85. The quantitative estimate of drug-likeness (QED) is 0.370. The molecule has 0 aliphatic carbocycles. The summed E-state index contributed by atoms with van der Waals surface area (Å²) in [6.45, 7) is 5.54. The summed E-state index contributed by atoms with van der Waals surface area (Å²) in [5.74, 6) is 0.309. The Bertz CT molecular complexity index is 1010. The number of ketones is 1. The Hall–Kier alpha value is -2.94. The Labute approximate surface area is 166 Å². The maximum atomic E-state index is 12.7. The average molecular weight is 399 g/mol. The number of aromatic nitrogens is 5. The number of aryl methyl sites for hydroxylation is 1. The van der Waals surface area contributed by atoms with Crippen molar-refractivity contribution in [2.75, 3.05) is 12.4 Å². The van der Waals surface area contributed by atoms with Crippen LogP contribution in [0.25, 0.3) is 11.4 Å². The van der Waals surface area contributed by atoms with Crippen molar-refractivity contribution >= 4 is 23.5 Å². The second-order valence-corrected chi connectivity index (χ2v) is 7.11. The lowest BCUT2D eigenvalue weighted by molar-refractivity contribution is 0.0525. The van der Waals surface area contributed by atoms with Gasteiger partial charge in [0.1, 0.15) is 0 Å². The van der Waals surface area contributed by atoms with Crippen molar-refractivity contribution in [3.05, 3.63) is 47.0 Å². The fourth-order valence-electron chi connectivity index (χ4n) is 2.93. The first-order chi connectivity index (χ1) is 13.4. The summed E-state index contributed by atoms with van der Waals surface area (Å²) >= 11 is 1.29. The monoisotopic (exact) mass is 399 g/mol. The van der Waals surface area contributed by atoms with E-state index in [4.69, 9.17) is 4.74 Å². The number of aromatic amines is 1. The molecule has 0 atom stereocenters. The van der Waals surface area contributed by atoms with Gasteiger partial charge in [-0.3, -0.25) is 9.78 Å². The highest BCUT2D eigenvalue weighted by molar-refractivity contribution is 7.99. The van der Waals surface area contributed by atoms with Crippen LogP contribution in [0.15, 0.2) is 29.7 Å². The molecule has 3 heterocycles. The maximum Gasteiger partial charge on any atom is 0.340 e. The lowest BCUT2D eigenvalue weighted by Gasteiger charge is -2.04. The first kappa shape index (κ1) is 19.8. The predicted molar refractivity (Wildman–Crippen MR) is 106 cm³/mol. The van der Waals surface area contributed by atoms with Crippen LogP contribution in [-0.2, 0) is 11.8 Å². The van der Waals surface area contributed by atoms with Crippen LogP contribution in [-0.4, -0.2) is 48.8 Å². The van der Waals surface area contributed by atoms with Gasteiger partial charge in [0.25, 0.3) is 0 Å². The number of nitrogens with one attached hydrogen (secondary N) is 1. The SMILES string of the molecule is CCOC(=O)c1c(C)[nH]c(C(=O)CSc2nnc(-c3cccnc3)n2C)c1C. The summed E-state index contributed by atoms with van der Waals surface area (Å²) in [6, 6.07) is 3.73. The normalized spacial score (nSPS) is 10.9. The number of ether oxygens (including phenoxy) is 1. The molecule has 8 nitrogen and oxygen atoms in total. The molecule has 9 heteroatoms. The van der Waals surface area contributed by atoms with Gasteiger partial charge >= 0.3 is 5.97 Å². The fraction of sp³-hybridized carbons (Fsp3) is 0.316. The van der Waals surface area contributed by atoms with Crippen LogP contribution in [0.4, 0.5) is 0 Å². The number of thioether (sulfide) groups is 1. The number of nitrogens with zero attached hydrogens (tertiary/aromatic N) is 4. The molecule has 3 aromatic heterocycles. The van der Waals surface area contributed by atoms with E-state index in [1.165, 1.54) is 11.8 Å². The molecule has 3 aromatic rings. The molecule has 0 amide bonds. The van der Waals surface area contributed by atoms with Gasteiger partial charge in [0.15, 0.2) is 16.8 Å². The minimum Gasteiger partial charge on any atom is -0.462 e. The molecule has 0 unspecified atom stereocenters. The zero-order valence-corrected chi connectivity index (χ0v) is 17.0. The molecular formula is C19H21N5O3S. The van der Waals surface area contributed by atoms with Crippen molar-refractivity contribution in [2.24, 2.45) is 7.05 Å². The van der Waals surface area contributed by atoms with E-state index in [0.717, 1.165) is 5.56 Å². The molecule has 0 aliphatic heterocycles. The zero-order chi connectivity index (χ0) is 20.3. The second kappa shape index (κ2) is 8.39. The van der Waals surface area contributed by atoms with E-state index < -0.39 is 5.97 Å². The molecule has 0 saturated carbocycles. The number of Topliss-reactive ketones (excluding diaryl/α,β-unsaturated/α-hetero) is 1. The maximum absolute atomic E-state index is 12.7. The molecule has 0 spiro atoms. The van der Waals surface area contributed by atoms with Gasteiger partial charge in [-0.25, -0.2) is 4.79 Å². The van der Waals surface area contributed by atoms with Crippen LogP contribution < -0.4 is 0 Å². The standard InChI is InChI=1S/C19H21N5O3S/c1-5-27-18(26)15-11(2)16(21-12(15)3)14(25)10-28-19-23-22-17(24(19)4)13-7-6-8-20-9-13/h6-9,21H,5,10H2,1-4H3.